The van der Waals surface area contributed by atoms with E-state index in [-0.39, 0.29) is 17.6 Å². The van der Waals surface area contributed by atoms with Crippen LogP contribution in [-0.2, 0) is 11.3 Å². The van der Waals surface area contributed by atoms with E-state index in [2.05, 4.69) is 10.3 Å². The Hall–Kier alpha value is -1.63. The first-order valence-electron chi connectivity index (χ1n) is 11.6. The predicted octanol–water partition coefficient (Wildman–Crippen LogP) is 4.74. The molecule has 7 heteroatoms. The number of rotatable bonds is 5. The summed E-state index contributed by atoms with van der Waals surface area (Å²) in [7, 11) is 1.37. The molecule has 0 spiro atoms. The fourth-order valence-electron chi connectivity index (χ4n) is 7.05. The van der Waals surface area contributed by atoms with Gasteiger partial charge in [-0.15, -0.1) is 11.3 Å². The van der Waals surface area contributed by atoms with Crippen LogP contribution in [0.25, 0.3) is 0 Å². The van der Waals surface area contributed by atoms with Crippen LogP contribution in [0.5, 0.6) is 0 Å². The van der Waals surface area contributed by atoms with E-state index in [4.69, 9.17) is 4.74 Å². The quantitative estimate of drug-likeness (QED) is 0.684. The third-order valence-corrected chi connectivity index (χ3v) is 8.77. The molecular weight excluding hydrogens is 398 g/mol. The van der Waals surface area contributed by atoms with Crippen LogP contribution in [0.4, 0.5) is 4.79 Å². The minimum Gasteiger partial charge on any atom is -0.464 e. The molecular formula is C23H33N3O3S. The highest BCUT2D eigenvalue weighted by Crippen LogP contribution is 2.55. The van der Waals surface area contributed by atoms with E-state index >= 15 is 0 Å². The van der Waals surface area contributed by atoms with Crippen LogP contribution in [0, 0.1) is 17.8 Å². The molecule has 30 heavy (non-hydrogen) atoms. The van der Waals surface area contributed by atoms with E-state index < -0.39 is 5.97 Å². The number of thiazole rings is 1. The number of urea groups is 1. The lowest BCUT2D eigenvalue weighted by Crippen LogP contribution is -2.62. The highest BCUT2D eigenvalue weighted by molar-refractivity contribution is 7.09. The van der Waals surface area contributed by atoms with Crippen molar-refractivity contribution in [3.63, 3.8) is 0 Å². The van der Waals surface area contributed by atoms with E-state index in [0.29, 0.717) is 12.2 Å². The summed E-state index contributed by atoms with van der Waals surface area (Å²) >= 11 is 1.44. The Labute approximate surface area is 182 Å². The van der Waals surface area contributed by atoms with Crippen molar-refractivity contribution in [1.29, 1.82) is 0 Å². The summed E-state index contributed by atoms with van der Waals surface area (Å²) in [4.78, 5) is 31.9. The number of nitrogens with one attached hydrogen (secondary N) is 1. The Balaban J connectivity index is 1.33. The average Bonchev–Trinajstić information content (AvgIpc) is 3.19. The van der Waals surface area contributed by atoms with Crippen LogP contribution < -0.4 is 5.32 Å². The number of hydrogen-bond donors (Lipinski definition) is 1. The van der Waals surface area contributed by atoms with Gasteiger partial charge in [0.05, 0.1) is 13.7 Å². The van der Waals surface area contributed by atoms with E-state index in [9.17, 15) is 9.59 Å². The van der Waals surface area contributed by atoms with Gasteiger partial charge in [-0.3, -0.25) is 0 Å². The SMILES string of the molecule is COC(=O)c1csc(CN(C(=O)NC23CC4CC(CC(C4)C2)C3)C2CCCCC2)n1. The summed E-state index contributed by atoms with van der Waals surface area (Å²) in [6.45, 7) is 0.477. The molecule has 6 nitrogen and oxygen atoms in total. The van der Waals surface area contributed by atoms with Crippen LogP contribution in [0.15, 0.2) is 5.38 Å². The van der Waals surface area contributed by atoms with E-state index in [1.165, 1.54) is 57.0 Å². The maximum atomic E-state index is 13.6. The number of esters is 1. The maximum absolute atomic E-state index is 13.6. The van der Waals surface area contributed by atoms with Crippen molar-refractivity contribution in [2.45, 2.75) is 88.8 Å². The normalized spacial score (nSPS) is 32.8. The van der Waals surface area contributed by atoms with Gasteiger partial charge in [0.2, 0.25) is 0 Å². The number of ether oxygens (including phenoxy) is 1. The lowest BCUT2D eigenvalue weighted by Gasteiger charge is -2.57. The lowest BCUT2D eigenvalue weighted by molar-refractivity contribution is -0.0169. The molecule has 0 aromatic carbocycles. The predicted molar refractivity (Wildman–Crippen MR) is 115 cm³/mol. The fourth-order valence-corrected chi connectivity index (χ4v) is 7.81. The Kier molecular flexibility index (Phi) is 5.50. The van der Waals surface area contributed by atoms with Gasteiger partial charge in [0, 0.05) is 17.0 Å². The molecule has 5 aliphatic carbocycles. The summed E-state index contributed by atoms with van der Waals surface area (Å²) in [6, 6.07) is 0.344. The second kappa shape index (κ2) is 8.13. The van der Waals surface area contributed by atoms with Crippen LogP contribution in [-0.4, -0.2) is 40.6 Å². The first-order chi connectivity index (χ1) is 14.5. The van der Waals surface area contributed by atoms with E-state index in [0.717, 1.165) is 54.9 Å². The zero-order valence-electron chi connectivity index (χ0n) is 17.9. The molecule has 0 saturated heterocycles. The molecule has 0 radical (unpaired) electrons. The maximum Gasteiger partial charge on any atom is 0.357 e. The summed E-state index contributed by atoms with van der Waals surface area (Å²) in [5.74, 6) is 2.00. The van der Waals surface area contributed by atoms with Crippen LogP contribution in [0.3, 0.4) is 0 Å². The topological polar surface area (TPSA) is 71.5 Å². The Morgan fingerprint density at radius 3 is 2.37 bits per heavy atom. The number of methoxy groups -OCH3 is 1. The summed E-state index contributed by atoms with van der Waals surface area (Å²) in [5, 5.41) is 6.10. The van der Waals surface area contributed by atoms with Crippen LogP contribution >= 0.6 is 11.3 Å². The van der Waals surface area contributed by atoms with Crippen molar-refractivity contribution >= 4 is 23.3 Å². The first kappa shape index (κ1) is 20.3. The molecule has 4 bridgehead atoms. The number of hydrogen-bond acceptors (Lipinski definition) is 5. The molecule has 1 heterocycles. The fraction of sp³-hybridized carbons (Fsp3) is 0.783. The minimum absolute atomic E-state index is 0.0127. The molecule has 1 aromatic rings. The molecule has 164 valence electrons. The molecule has 0 aliphatic heterocycles. The minimum atomic E-state index is -0.417. The third kappa shape index (κ3) is 3.97. The highest BCUT2D eigenvalue weighted by Gasteiger charge is 2.52. The highest BCUT2D eigenvalue weighted by atomic mass is 32.1. The summed E-state index contributed by atoms with van der Waals surface area (Å²) in [5.41, 5.74) is 0.348. The second-order valence-electron chi connectivity index (χ2n) is 10.2. The smallest absolute Gasteiger partial charge is 0.357 e. The van der Waals surface area contributed by atoms with Gasteiger partial charge in [0.25, 0.3) is 0 Å². The van der Waals surface area contributed by atoms with Gasteiger partial charge in [-0.25, -0.2) is 14.6 Å². The van der Waals surface area contributed by atoms with Gasteiger partial charge in [-0.05, 0) is 69.1 Å². The molecule has 2 amide bonds. The molecule has 5 aliphatic rings. The molecule has 1 N–H and O–H groups in total. The monoisotopic (exact) mass is 431 g/mol. The number of amides is 2. The molecule has 5 fully saturated rings. The molecule has 0 unspecified atom stereocenters. The number of carbonyl (C=O) groups excluding carboxylic acids is 2. The van der Waals surface area contributed by atoms with E-state index in [1.54, 1.807) is 5.38 Å². The Bertz CT molecular complexity index is 766. The third-order valence-electron chi connectivity index (χ3n) is 7.94. The van der Waals surface area contributed by atoms with Crippen molar-refractivity contribution in [3.8, 4) is 0 Å². The van der Waals surface area contributed by atoms with Gasteiger partial charge >= 0.3 is 12.0 Å². The van der Waals surface area contributed by atoms with Gasteiger partial charge in [-0.1, -0.05) is 19.3 Å². The van der Waals surface area contributed by atoms with Crippen LogP contribution in [0.1, 0.15) is 86.1 Å². The number of nitrogens with zero attached hydrogens (tertiary/aromatic N) is 2. The van der Waals surface area contributed by atoms with Crippen molar-refractivity contribution < 1.29 is 14.3 Å². The number of carbonyl (C=O) groups is 2. The summed E-state index contributed by atoms with van der Waals surface area (Å²) < 4.78 is 4.79. The van der Waals surface area contributed by atoms with Crippen LogP contribution in [0.2, 0.25) is 0 Å². The van der Waals surface area contributed by atoms with Gasteiger partial charge in [0.15, 0.2) is 5.69 Å². The number of aromatic nitrogens is 1. The van der Waals surface area contributed by atoms with Crippen molar-refractivity contribution in [2.24, 2.45) is 17.8 Å². The molecule has 6 rings (SSSR count). The zero-order valence-corrected chi connectivity index (χ0v) is 18.7. The standard InChI is InChI=1S/C23H33N3O3S/c1-29-21(27)19-14-30-20(24-19)13-26(18-5-3-2-4-6-18)22(28)25-23-10-15-7-16(11-23)9-17(8-15)12-23/h14-18H,2-13H2,1H3,(H,25,28). The summed E-state index contributed by atoms with van der Waals surface area (Å²) in [6.07, 6.45) is 13.3. The van der Waals surface area contributed by atoms with Gasteiger partial charge in [0.1, 0.15) is 5.01 Å². The van der Waals surface area contributed by atoms with Crippen molar-refractivity contribution in [1.82, 2.24) is 15.2 Å². The molecule has 5 saturated carbocycles. The molecule has 0 atom stereocenters. The Morgan fingerprint density at radius 2 is 1.77 bits per heavy atom. The second-order valence-corrected chi connectivity index (χ2v) is 11.1. The van der Waals surface area contributed by atoms with Gasteiger partial charge < -0.3 is 15.0 Å². The van der Waals surface area contributed by atoms with Crippen molar-refractivity contribution in [2.75, 3.05) is 7.11 Å². The Morgan fingerprint density at radius 1 is 1.13 bits per heavy atom. The largest absolute Gasteiger partial charge is 0.464 e. The van der Waals surface area contributed by atoms with Gasteiger partial charge in [-0.2, -0.15) is 0 Å². The average molecular weight is 432 g/mol. The lowest BCUT2D eigenvalue weighted by atomic mass is 9.53. The van der Waals surface area contributed by atoms with Crippen molar-refractivity contribution in [3.05, 3.63) is 16.1 Å². The zero-order chi connectivity index (χ0) is 20.7. The first-order valence-corrected chi connectivity index (χ1v) is 12.5. The molecule has 1 aromatic heterocycles. The van der Waals surface area contributed by atoms with E-state index in [1.807, 2.05) is 4.90 Å².